The molecule has 0 atom stereocenters. The Bertz CT molecular complexity index is 1220. The van der Waals surface area contributed by atoms with Crippen LogP contribution in [-0.2, 0) is 19.1 Å². The largest absolute Gasteiger partial charge is 0.492 e. The number of hydrogen-bond acceptors (Lipinski definition) is 6. The van der Waals surface area contributed by atoms with Crippen LogP contribution < -0.4 is 20.1 Å². The number of carbonyl (C=O) groups excluding carboxylic acids is 3. The van der Waals surface area contributed by atoms with Crippen LogP contribution in [0.25, 0.3) is 0 Å². The van der Waals surface area contributed by atoms with Gasteiger partial charge < -0.3 is 24.8 Å². The van der Waals surface area contributed by atoms with Crippen LogP contribution in [-0.4, -0.2) is 31.0 Å². The van der Waals surface area contributed by atoms with Gasteiger partial charge in [-0.1, -0.05) is 35.3 Å². The zero-order chi connectivity index (χ0) is 25.9. The van der Waals surface area contributed by atoms with E-state index in [0.717, 1.165) is 0 Å². The molecule has 2 N–H and O–H groups in total. The lowest BCUT2D eigenvalue weighted by Crippen LogP contribution is -2.22. The molecule has 3 rings (SSSR count). The summed E-state index contributed by atoms with van der Waals surface area (Å²) in [6.45, 7) is 1.81. The second kappa shape index (κ2) is 13.4. The molecule has 188 valence electrons. The predicted octanol–water partition coefficient (Wildman–Crippen LogP) is 6.09. The molecule has 2 amide bonds. The van der Waals surface area contributed by atoms with Crippen LogP contribution in [0.2, 0.25) is 10.0 Å². The number of nitrogens with one attached hydrogen (secondary N) is 2. The number of ether oxygens (including phenoxy) is 3. The highest BCUT2D eigenvalue weighted by Crippen LogP contribution is 2.32. The Morgan fingerprint density at radius 3 is 2.31 bits per heavy atom. The lowest BCUT2D eigenvalue weighted by molar-refractivity contribution is -0.147. The van der Waals surface area contributed by atoms with Gasteiger partial charge in [0, 0.05) is 17.1 Å². The van der Waals surface area contributed by atoms with E-state index in [4.69, 9.17) is 37.4 Å². The van der Waals surface area contributed by atoms with Crippen LogP contribution >= 0.6 is 23.2 Å². The first-order valence-electron chi connectivity index (χ1n) is 11.0. The highest BCUT2D eigenvalue weighted by atomic mass is 35.5. The Morgan fingerprint density at radius 2 is 1.58 bits per heavy atom. The van der Waals surface area contributed by atoms with Crippen molar-refractivity contribution in [1.29, 1.82) is 0 Å². The molecule has 0 fully saturated rings. The van der Waals surface area contributed by atoms with Gasteiger partial charge in [0.2, 0.25) is 5.91 Å². The SMILES string of the molecule is CCOc1ccccc1NC(=O)COC(=O)CCC(=O)Nc1ccc(Oc2ccc(Cl)cc2Cl)cc1. The minimum atomic E-state index is -0.665. The van der Waals surface area contributed by atoms with E-state index in [1.807, 2.05) is 6.92 Å². The molecule has 0 radical (unpaired) electrons. The second-order valence-electron chi connectivity index (χ2n) is 7.39. The molecule has 8 nitrogen and oxygen atoms in total. The van der Waals surface area contributed by atoms with Crippen molar-refractivity contribution in [2.24, 2.45) is 0 Å². The van der Waals surface area contributed by atoms with Crippen LogP contribution in [0.1, 0.15) is 19.8 Å². The van der Waals surface area contributed by atoms with Crippen molar-refractivity contribution >= 4 is 52.4 Å². The van der Waals surface area contributed by atoms with E-state index in [9.17, 15) is 14.4 Å². The van der Waals surface area contributed by atoms with Gasteiger partial charge in [-0.3, -0.25) is 14.4 Å². The van der Waals surface area contributed by atoms with Crippen molar-refractivity contribution in [3.8, 4) is 17.2 Å². The second-order valence-corrected chi connectivity index (χ2v) is 8.23. The molecule has 3 aromatic carbocycles. The van der Waals surface area contributed by atoms with E-state index in [0.29, 0.717) is 45.3 Å². The lowest BCUT2D eigenvalue weighted by Gasteiger charge is -2.11. The average molecular weight is 531 g/mol. The Kier molecular flexibility index (Phi) is 9.97. The number of carbonyl (C=O) groups is 3. The van der Waals surface area contributed by atoms with Gasteiger partial charge in [0.1, 0.15) is 17.2 Å². The number of anilines is 2. The third-order valence-electron chi connectivity index (χ3n) is 4.64. The number of benzene rings is 3. The van der Waals surface area contributed by atoms with Gasteiger partial charge in [-0.05, 0) is 61.5 Å². The van der Waals surface area contributed by atoms with E-state index < -0.39 is 18.5 Å². The van der Waals surface area contributed by atoms with Gasteiger partial charge in [-0.15, -0.1) is 0 Å². The molecule has 10 heteroatoms. The zero-order valence-corrected chi connectivity index (χ0v) is 20.9. The van der Waals surface area contributed by atoms with E-state index in [2.05, 4.69) is 10.6 Å². The summed E-state index contributed by atoms with van der Waals surface area (Å²) in [6, 6.07) is 18.5. The standard InChI is InChI=1S/C26H24Cl2N2O6/c1-2-34-23-6-4-3-5-21(23)30-25(32)16-35-26(33)14-13-24(31)29-18-8-10-19(11-9-18)36-22-12-7-17(27)15-20(22)28/h3-12,15H,2,13-14,16H2,1H3,(H,29,31)(H,30,32). The summed E-state index contributed by atoms with van der Waals surface area (Å²) in [4.78, 5) is 36.2. The van der Waals surface area contributed by atoms with Crippen molar-refractivity contribution in [1.82, 2.24) is 0 Å². The summed E-state index contributed by atoms with van der Waals surface area (Å²) in [5.74, 6) is -0.0724. The monoisotopic (exact) mass is 530 g/mol. The molecule has 0 bridgehead atoms. The quantitative estimate of drug-likeness (QED) is 0.291. The maximum absolute atomic E-state index is 12.2. The van der Waals surface area contributed by atoms with Crippen LogP contribution in [0, 0.1) is 0 Å². The normalized spacial score (nSPS) is 10.3. The fourth-order valence-electron chi connectivity index (χ4n) is 2.99. The Labute approximate surface area is 218 Å². The summed E-state index contributed by atoms with van der Waals surface area (Å²) >= 11 is 12.0. The van der Waals surface area contributed by atoms with Crippen molar-refractivity contribution in [3.63, 3.8) is 0 Å². The smallest absolute Gasteiger partial charge is 0.306 e. The Morgan fingerprint density at radius 1 is 0.833 bits per heavy atom. The van der Waals surface area contributed by atoms with E-state index in [1.165, 1.54) is 0 Å². The maximum atomic E-state index is 12.2. The van der Waals surface area contributed by atoms with Crippen LogP contribution in [0.4, 0.5) is 11.4 Å². The fraction of sp³-hybridized carbons (Fsp3) is 0.192. The maximum Gasteiger partial charge on any atom is 0.306 e. The number of rotatable bonds is 11. The van der Waals surface area contributed by atoms with Crippen molar-refractivity contribution in [2.45, 2.75) is 19.8 Å². The number of amides is 2. The minimum absolute atomic E-state index is 0.105. The van der Waals surface area contributed by atoms with Gasteiger partial charge >= 0.3 is 5.97 Å². The summed E-state index contributed by atoms with van der Waals surface area (Å²) in [5, 5.41) is 6.19. The molecule has 0 aliphatic carbocycles. The van der Waals surface area contributed by atoms with Gasteiger partial charge in [0.15, 0.2) is 6.61 Å². The van der Waals surface area contributed by atoms with Gasteiger partial charge in [0.05, 0.1) is 23.7 Å². The Hall–Kier alpha value is -3.75. The summed E-state index contributed by atoms with van der Waals surface area (Å²) < 4.78 is 16.1. The van der Waals surface area contributed by atoms with Gasteiger partial charge in [-0.25, -0.2) is 0 Å². The average Bonchev–Trinajstić information content (AvgIpc) is 2.86. The van der Waals surface area contributed by atoms with Crippen molar-refractivity contribution < 1.29 is 28.6 Å². The summed E-state index contributed by atoms with van der Waals surface area (Å²) in [5.41, 5.74) is 1.00. The molecule has 0 saturated heterocycles. The minimum Gasteiger partial charge on any atom is -0.492 e. The van der Waals surface area contributed by atoms with E-state index >= 15 is 0 Å². The number of hydrogen-bond donors (Lipinski definition) is 2. The highest BCUT2D eigenvalue weighted by Gasteiger charge is 2.13. The zero-order valence-electron chi connectivity index (χ0n) is 19.4. The molecule has 0 heterocycles. The third-order valence-corrected chi connectivity index (χ3v) is 5.17. The van der Waals surface area contributed by atoms with Crippen LogP contribution in [0.15, 0.2) is 66.7 Å². The van der Waals surface area contributed by atoms with Gasteiger partial charge in [-0.2, -0.15) is 0 Å². The Balaban J connectivity index is 1.39. The van der Waals surface area contributed by atoms with Crippen molar-refractivity contribution in [2.75, 3.05) is 23.8 Å². The first kappa shape index (κ1) is 26.8. The number of esters is 1. The van der Waals surface area contributed by atoms with E-state index in [1.54, 1.807) is 66.7 Å². The molecule has 0 aliphatic rings. The first-order chi connectivity index (χ1) is 17.3. The molecule has 0 aromatic heterocycles. The predicted molar refractivity (Wildman–Crippen MR) is 138 cm³/mol. The summed E-state index contributed by atoms with van der Waals surface area (Å²) in [6.07, 6.45) is -0.281. The van der Waals surface area contributed by atoms with Crippen molar-refractivity contribution in [3.05, 3.63) is 76.8 Å². The molecule has 0 saturated carbocycles. The first-order valence-corrected chi connectivity index (χ1v) is 11.8. The molecule has 36 heavy (non-hydrogen) atoms. The van der Waals surface area contributed by atoms with Crippen LogP contribution in [0.5, 0.6) is 17.2 Å². The number of para-hydroxylation sites is 2. The van der Waals surface area contributed by atoms with Crippen LogP contribution in [0.3, 0.4) is 0 Å². The topological polar surface area (TPSA) is 103 Å². The number of halogens is 2. The molecule has 3 aromatic rings. The van der Waals surface area contributed by atoms with E-state index in [-0.39, 0.29) is 18.7 Å². The van der Waals surface area contributed by atoms with Gasteiger partial charge in [0.25, 0.3) is 5.91 Å². The summed E-state index contributed by atoms with van der Waals surface area (Å²) in [7, 11) is 0. The molecule has 0 unspecified atom stereocenters. The molecule has 0 aliphatic heterocycles. The highest BCUT2D eigenvalue weighted by molar-refractivity contribution is 6.35. The molecular weight excluding hydrogens is 507 g/mol. The molecular formula is C26H24Cl2N2O6. The fourth-order valence-corrected chi connectivity index (χ4v) is 3.43. The third kappa shape index (κ3) is 8.48. The lowest BCUT2D eigenvalue weighted by atomic mass is 10.2. The molecule has 0 spiro atoms.